The molecule has 1 fully saturated rings. The maximum Gasteiger partial charge on any atom is 0.283 e. The third kappa shape index (κ3) is 4.47. The molecule has 2 rings (SSSR count). The zero-order chi connectivity index (χ0) is 15.3. The van der Waals surface area contributed by atoms with Crippen LogP contribution in [0.4, 0.5) is 0 Å². The zero-order valence-corrected chi connectivity index (χ0v) is 12.6. The van der Waals surface area contributed by atoms with Crippen LogP contribution in [0.3, 0.4) is 0 Å². The quantitative estimate of drug-likeness (QED) is 0.821. The summed E-state index contributed by atoms with van der Waals surface area (Å²) in [6, 6.07) is -0.820. The summed E-state index contributed by atoms with van der Waals surface area (Å²) in [4.78, 5) is 19.3. The van der Waals surface area contributed by atoms with Crippen LogP contribution in [-0.2, 0) is 14.8 Å². The molecule has 1 heterocycles. The Morgan fingerprint density at radius 3 is 2.67 bits per heavy atom. The van der Waals surface area contributed by atoms with Crippen molar-refractivity contribution >= 4 is 15.9 Å². The van der Waals surface area contributed by atoms with Crippen molar-refractivity contribution in [3.8, 4) is 0 Å². The summed E-state index contributed by atoms with van der Waals surface area (Å²) in [6.07, 6.45) is 9.84. The van der Waals surface area contributed by atoms with Crippen LogP contribution in [0, 0.1) is 5.92 Å². The monoisotopic (exact) mass is 312 g/mol. The summed E-state index contributed by atoms with van der Waals surface area (Å²) in [5.74, 6) is -0.287. The molecule has 3 N–H and O–H groups in total. The molecule has 0 bridgehead atoms. The number of amides is 1. The molecule has 0 saturated heterocycles. The molecule has 0 radical (unpaired) electrons. The number of nitrogens with one attached hydrogen (secondary N) is 1. The van der Waals surface area contributed by atoms with Crippen molar-refractivity contribution in [1.29, 1.82) is 0 Å². The van der Waals surface area contributed by atoms with Crippen LogP contribution < -0.4 is 10.5 Å². The molecule has 1 aliphatic carbocycles. The van der Waals surface area contributed by atoms with E-state index in [4.69, 9.17) is 5.73 Å². The van der Waals surface area contributed by atoms with Crippen molar-refractivity contribution in [3.05, 3.63) is 18.6 Å². The summed E-state index contributed by atoms with van der Waals surface area (Å²) < 4.78 is 25.9. The van der Waals surface area contributed by atoms with E-state index in [-0.39, 0.29) is 5.03 Å². The minimum absolute atomic E-state index is 0.289. The molecule has 0 aliphatic heterocycles. The van der Waals surface area contributed by atoms with Crippen molar-refractivity contribution < 1.29 is 13.2 Å². The van der Waals surface area contributed by atoms with Crippen LogP contribution >= 0.6 is 0 Å². The smallest absolute Gasteiger partial charge is 0.283 e. The Morgan fingerprint density at radius 1 is 1.33 bits per heavy atom. The van der Waals surface area contributed by atoms with Gasteiger partial charge in [0.15, 0.2) is 5.03 Å². The van der Waals surface area contributed by atoms with Crippen molar-refractivity contribution in [2.75, 3.05) is 0 Å². The maximum absolute atomic E-state index is 11.9. The molecule has 0 aromatic carbocycles. The van der Waals surface area contributed by atoms with E-state index in [1.807, 2.05) is 4.72 Å². The van der Waals surface area contributed by atoms with Gasteiger partial charge in [-0.1, -0.05) is 32.1 Å². The summed E-state index contributed by atoms with van der Waals surface area (Å²) in [7, 11) is -4.00. The lowest BCUT2D eigenvalue weighted by atomic mass is 9.85. The van der Waals surface area contributed by atoms with E-state index in [9.17, 15) is 13.2 Å². The van der Waals surface area contributed by atoms with E-state index in [2.05, 4.69) is 9.97 Å². The predicted molar refractivity (Wildman–Crippen MR) is 76.5 cm³/mol. The Kier molecular flexibility index (Phi) is 5.24. The molecule has 0 unspecified atom stereocenters. The standard InChI is InChI=1S/C13H20N4O3S/c14-11(8-10-4-2-1-3-5-10)13(18)17-21(19,20)12-9-15-6-7-16-12/h6-7,9-11H,1-5,8,14H2,(H,17,18)/t11-/m0/s1. The van der Waals surface area contributed by atoms with Crippen LogP contribution in [0.2, 0.25) is 0 Å². The van der Waals surface area contributed by atoms with Crippen LogP contribution in [0.15, 0.2) is 23.6 Å². The SMILES string of the molecule is N[C@@H](CC1CCCCC1)C(=O)NS(=O)(=O)c1cnccn1. The number of hydrogen-bond donors (Lipinski definition) is 2. The summed E-state index contributed by atoms with van der Waals surface area (Å²) in [5, 5.41) is -0.289. The van der Waals surface area contributed by atoms with Gasteiger partial charge in [0.2, 0.25) is 0 Å². The lowest BCUT2D eigenvalue weighted by Gasteiger charge is -2.23. The number of aromatic nitrogens is 2. The molecule has 1 aromatic heterocycles. The molecule has 1 aliphatic rings. The molecular formula is C13H20N4O3S. The second kappa shape index (κ2) is 6.95. The second-order valence-electron chi connectivity index (χ2n) is 5.36. The van der Waals surface area contributed by atoms with E-state index in [0.29, 0.717) is 12.3 Å². The van der Waals surface area contributed by atoms with Crippen LogP contribution in [0.5, 0.6) is 0 Å². The van der Waals surface area contributed by atoms with Crippen molar-refractivity contribution in [2.45, 2.75) is 49.6 Å². The third-order valence-corrected chi connectivity index (χ3v) is 4.93. The minimum atomic E-state index is -4.00. The first kappa shape index (κ1) is 15.8. The van der Waals surface area contributed by atoms with Crippen LogP contribution in [0.1, 0.15) is 38.5 Å². The van der Waals surface area contributed by atoms with Gasteiger partial charge in [-0.05, 0) is 12.3 Å². The normalized spacial score (nSPS) is 18.1. The minimum Gasteiger partial charge on any atom is -0.320 e. The Morgan fingerprint density at radius 2 is 2.05 bits per heavy atom. The topological polar surface area (TPSA) is 115 Å². The molecule has 8 heteroatoms. The molecule has 1 saturated carbocycles. The van der Waals surface area contributed by atoms with Gasteiger partial charge < -0.3 is 5.73 Å². The van der Waals surface area contributed by atoms with Gasteiger partial charge in [-0.25, -0.2) is 9.71 Å². The average Bonchev–Trinajstić information content (AvgIpc) is 2.48. The van der Waals surface area contributed by atoms with Gasteiger partial charge in [0.25, 0.3) is 15.9 Å². The molecule has 21 heavy (non-hydrogen) atoms. The average molecular weight is 312 g/mol. The predicted octanol–water partition coefficient (Wildman–Crippen LogP) is 0.579. The molecule has 1 aromatic rings. The van der Waals surface area contributed by atoms with E-state index in [0.717, 1.165) is 31.9 Å². The molecule has 7 nitrogen and oxygen atoms in total. The first-order valence-electron chi connectivity index (χ1n) is 7.07. The van der Waals surface area contributed by atoms with Crippen molar-refractivity contribution in [2.24, 2.45) is 11.7 Å². The fraction of sp³-hybridized carbons (Fsp3) is 0.615. The van der Waals surface area contributed by atoms with Gasteiger partial charge in [0.1, 0.15) is 0 Å². The highest BCUT2D eigenvalue weighted by atomic mass is 32.2. The van der Waals surface area contributed by atoms with Gasteiger partial charge in [0, 0.05) is 12.4 Å². The zero-order valence-electron chi connectivity index (χ0n) is 11.7. The van der Waals surface area contributed by atoms with E-state index in [1.165, 1.54) is 18.8 Å². The molecule has 1 atom stereocenters. The largest absolute Gasteiger partial charge is 0.320 e. The Labute approximate surface area is 124 Å². The number of carbonyl (C=O) groups is 1. The number of sulfonamides is 1. The first-order valence-corrected chi connectivity index (χ1v) is 8.55. The lowest BCUT2D eigenvalue weighted by molar-refractivity contribution is -0.121. The second-order valence-corrected chi connectivity index (χ2v) is 6.99. The summed E-state index contributed by atoms with van der Waals surface area (Å²) in [5.41, 5.74) is 5.82. The van der Waals surface area contributed by atoms with E-state index >= 15 is 0 Å². The Hall–Kier alpha value is -1.54. The Balaban J connectivity index is 1.94. The molecule has 0 spiro atoms. The first-order chi connectivity index (χ1) is 9.99. The number of nitrogens with zero attached hydrogens (tertiary/aromatic N) is 2. The summed E-state index contributed by atoms with van der Waals surface area (Å²) >= 11 is 0. The number of carbonyl (C=O) groups excluding carboxylic acids is 1. The van der Waals surface area contributed by atoms with E-state index in [1.54, 1.807) is 0 Å². The van der Waals surface area contributed by atoms with E-state index < -0.39 is 22.0 Å². The van der Waals surface area contributed by atoms with Gasteiger partial charge in [0.05, 0.1) is 12.2 Å². The van der Waals surface area contributed by atoms with Gasteiger partial charge >= 0.3 is 0 Å². The fourth-order valence-corrected chi connectivity index (χ4v) is 3.49. The molecule has 116 valence electrons. The van der Waals surface area contributed by atoms with Crippen LogP contribution in [-0.4, -0.2) is 30.3 Å². The van der Waals surface area contributed by atoms with Gasteiger partial charge in [-0.2, -0.15) is 8.42 Å². The number of hydrogen-bond acceptors (Lipinski definition) is 6. The number of nitrogens with two attached hydrogens (primary N) is 1. The summed E-state index contributed by atoms with van der Waals surface area (Å²) in [6.45, 7) is 0. The molecule has 1 amide bonds. The van der Waals surface area contributed by atoms with Gasteiger partial charge in [-0.3, -0.25) is 9.78 Å². The lowest BCUT2D eigenvalue weighted by Crippen LogP contribution is -2.44. The van der Waals surface area contributed by atoms with Crippen molar-refractivity contribution in [3.63, 3.8) is 0 Å². The highest BCUT2D eigenvalue weighted by Gasteiger charge is 2.26. The molecular weight excluding hydrogens is 292 g/mol. The fourth-order valence-electron chi connectivity index (χ4n) is 2.57. The third-order valence-electron chi connectivity index (χ3n) is 3.70. The van der Waals surface area contributed by atoms with Crippen molar-refractivity contribution in [1.82, 2.24) is 14.7 Å². The maximum atomic E-state index is 11.9. The highest BCUT2D eigenvalue weighted by Crippen LogP contribution is 2.27. The van der Waals surface area contributed by atoms with Crippen LogP contribution in [0.25, 0.3) is 0 Å². The van der Waals surface area contributed by atoms with Gasteiger partial charge in [-0.15, -0.1) is 0 Å². The number of rotatable bonds is 5. The Bertz CT molecular complexity index is 570. The highest BCUT2D eigenvalue weighted by molar-refractivity contribution is 7.90.